The molecule has 1 amide bonds. The summed E-state index contributed by atoms with van der Waals surface area (Å²) >= 11 is 1.77. The van der Waals surface area contributed by atoms with Crippen molar-refractivity contribution in [3.63, 3.8) is 0 Å². The lowest BCUT2D eigenvalue weighted by atomic mass is 10.1. The second-order valence-corrected chi connectivity index (χ2v) is 5.39. The Morgan fingerprint density at radius 1 is 1.16 bits per heavy atom. The second kappa shape index (κ2) is 9.87. The summed E-state index contributed by atoms with van der Waals surface area (Å²) in [4.78, 5) is 11.8. The van der Waals surface area contributed by atoms with E-state index in [0.29, 0.717) is 6.54 Å². The van der Waals surface area contributed by atoms with Gasteiger partial charge in [0.1, 0.15) is 0 Å². The summed E-state index contributed by atoms with van der Waals surface area (Å²) in [6.45, 7) is 0.964. The van der Waals surface area contributed by atoms with Crippen molar-refractivity contribution in [2.24, 2.45) is 0 Å². The van der Waals surface area contributed by atoms with E-state index in [2.05, 4.69) is 11.6 Å². The molecular formula is C15H23NO2S. The van der Waals surface area contributed by atoms with E-state index in [1.165, 1.54) is 5.56 Å². The lowest BCUT2D eigenvalue weighted by molar-refractivity contribution is 0.0953. The van der Waals surface area contributed by atoms with E-state index < -0.39 is 0 Å². The molecular weight excluding hydrogens is 258 g/mol. The monoisotopic (exact) mass is 281 g/mol. The van der Waals surface area contributed by atoms with Crippen molar-refractivity contribution < 1.29 is 9.90 Å². The number of nitrogens with one attached hydrogen (secondary N) is 1. The Morgan fingerprint density at radius 3 is 2.47 bits per heavy atom. The van der Waals surface area contributed by atoms with E-state index in [1.54, 1.807) is 11.8 Å². The van der Waals surface area contributed by atoms with Gasteiger partial charge in [-0.2, -0.15) is 11.8 Å². The van der Waals surface area contributed by atoms with Crippen LogP contribution in [-0.4, -0.2) is 30.4 Å². The zero-order valence-corrected chi connectivity index (χ0v) is 12.3. The summed E-state index contributed by atoms with van der Waals surface area (Å²) in [6, 6.07) is 7.78. The number of hydrogen-bond donors (Lipinski definition) is 2. The molecule has 1 aromatic rings. The van der Waals surface area contributed by atoms with Gasteiger partial charge in [-0.1, -0.05) is 25.0 Å². The molecule has 0 aliphatic rings. The van der Waals surface area contributed by atoms with Crippen molar-refractivity contribution in [2.75, 3.05) is 19.4 Å². The largest absolute Gasteiger partial charge is 0.396 e. The van der Waals surface area contributed by atoms with Gasteiger partial charge >= 0.3 is 0 Å². The summed E-state index contributed by atoms with van der Waals surface area (Å²) in [5.74, 6) is 0.977. The Balaban J connectivity index is 2.25. The molecule has 0 atom stereocenters. The van der Waals surface area contributed by atoms with Gasteiger partial charge in [0.25, 0.3) is 5.91 Å². The van der Waals surface area contributed by atoms with Crippen molar-refractivity contribution in [3.05, 3.63) is 35.4 Å². The van der Waals surface area contributed by atoms with E-state index in [4.69, 9.17) is 5.11 Å². The lowest BCUT2D eigenvalue weighted by Gasteiger charge is -2.06. The number of benzene rings is 1. The number of aliphatic hydroxyl groups excluding tert-OH is 1. The average Bonchev–Trinajstić information content (AvgIpc) is 2.43. The Hall–Kier alpha value is -1.00. The van der Waals surface area contributed by atoms with Crippen molar-refractivity contribution in [1.82, 2.24) is 5.32 Å². The number of thioether (sulfide) groups is 1. The van der Waals surface area contributed by atoms with Gasteiger partial charge in [-0.05, 0) is 36.8 Å². The first-order chi connectivity index (χ1) is 9.27. The molecule has 0 heterocycles. The SMILES string of the molecule is CSCc1ccc(C(=O)NCCCCCCO)cc1. The number of carbonyl (C=O) groups is 1. The summed E-state index contributed by atoms with van der Waals surface area (Å²) in [7, 11) is 0. The highest BCUT2D eigenvalue weighted by molar-refractivity contribution is 7.97. The molecule has 4 heteroatoms. The van der Waals surface area contributed by atoms with Gasteiger partial charge in [0.05, 0.1) is 0 Å². The fraction of sp³-hybridized carbons (Fsp3) is 0.533. The van der Waals surface area contributed by atoms with Crippen LogP contribution in [0, 0.1) is 0 Å². The molecule has 0 aliphatic heterocycles. The number of rotatable bonds is 9. The topological polar surface area (TPSA) is 49.3 Å². The normalized spacial score (nSPS) is 10.4. The number of unbranched alkanes of at least 4 members (excludes halogenated alkanes) is 3. The Labute approximate surface area is 119 Å². The van der Waals surface area contributed by atoms with Crippen LogP contribution in [0.1, 0.15) is 41.6 Å². The van der Waals surface area contributed by atoms with E-state index in [-0.39, 0.29) is 12.5 Å². The highest BCUT2D eigenvalue weighted by Crippen LogP contribution is 2.10. The molecule has 0 aliphatic carbocycles. The maximum atomic E-state index is 11.8. The number of amides is 1. The maximum absolute atomic E-state index is 11.8. The molecule has 0 saturated heterocycles. The van der Waals surface area contributed by atoms with Crippen molar-refractivity contribution in [3.8, 4) is 0 Å². The predicted molar refractivity (Wildman–Crippen MR) is 81.5 cm³/mol. The standard InChI is InChI=1S/C15H23NO2S/c1-19-12-13-6-8-14(9-7-13)15(18)16-10-4-2-3-5-11-17/h6-9,17H,2-5,10-12H2,1H3,(H,16,18). The molecule has 0 radical (unpaired) electrons. The fourth-order valence-electron chi connectivity index (χ4n) is 1.81. The van der Waals surface area contributed by atoms with Crippen molar-refractivity contribution in [1.29, 1.82) is 0 Å². The van der Waals surface area contributed by atoms with E-state index in [0.717, 1.165) is 37.0 Å². The highest BCUT2D eigenvalue weighted by Gasteiger charge is 2.04. The van der Waals surface area contributed by atoms with Crippen LogP contribution in [0.2, 0.25) is 0 Å². The molecule has 2 N–H and O–H groups in total. The number of carbonyl (C=O) groups excluding carboxylic acids is 1. The minimum atomic E-state index is -0.00198. The van der Waals surface area contributed by atoms with Crippen LogP contribution >= 0.6 is 11.8 Å². The zero-order valence-electron chi connectivity index (χ0n) is 11.5. The van der Waals surface area contributed by atoms with Crippen molar-refractivity contribution >= 4 is 17.7 Å². The summed E-state index contributed by atoms with van der Waals surface area (Å²) in [5, 5.41) is 11.6. The molecule has 1 rings (SSSR count). The van der Waals surface area contributed by atoms with Gasteiger partial charge in [0, 0.05) is 24.5 Å². The average molecular weight is 281 g/mol. The van der Waals surface area contributed by atoms with E-state index in [9.17, 15) is 4.79 Å². The van der Waals surface area contributed by atoms with Crippen LogP contribution in [0.25, 0.3) is 0 Å². The van der Waals surface area contributed by atoms with Gasteiger partial charge in [-0.3, -0.25) is 4.79 Å². The Kier molecular flexibility index (Phi) is 8.34. The van der Waals surface area contributed by atoms with Gasteiger partial charge in [0.2, 0.25) is 0 Å². The van der Waals surface area contributed by atoms with Crippen molar-refractivity contribution in [2.45, 2.75) is 31.4 Å². The highest BCUT2D eigenvalue weighted by atomic mass is 32.2. The number of hydrogen-bond acceptors (Lipinski definition) is 3. The van der Waals surface area contributed by atoms with Gasteiger partial charge in [-0.25, -0.2) is 0 Å². The molecule has 19 heavy (non-hydrogen) atoms. The minimum Gasteiger partial charge on any atom is -0.396 e. The molecule has 0 spiro atoms. The number of aliphatic hydroxyl groups is 1. The van der Waals surface area contributed by atoms with Crippen LogP contribution in [0.3, 0.4) is 0 Å². The summed E-state index contributed by atoms with van der Waals surface area (Å²) < 4.78 is 0. The van der Waals surface area contributed by atoms with Gasteiger partial charge < -0.3 is 10.4 Å². The van der Waals surface area contributed by atoms with Crippen LogP contribution in [0.5, 0.6) is 0 Å². The molecule has 0 aromatic heterocycles. The van der Waals surface area contributed by atoms with Crippen LogP contribution in [-0.2, 0) is 5.75 Å². The van der Waals surface area contributed by atoms with Crippen LogP contribution in [0.4, 0.5) is 0 Å². The lowest BCUT2D eigenvalue weighted by Crippen LogP contribution is -2.24. The van der Waals surface area contributed by atoms with E-state index >= 15 is 0 Å². The smallest absolute Gasteiger partial charge is 0.251 e. The second-order valence-electron chi connectivity index (χ2n) is 4.52. The first-order valence-electron chi connectivity index (χ1n) is 6.75. The molecule has 0 saturated carbocycles. The van der Waals surface area contributed by atoms with Gasteiger partial charge in [-0.15, -0.1) is 0 Å². The molecule has 0 fully saturated rings. The third-order valence-corrected chi connectivity index (χ3v) is 3.52. The zero-order chi connectivity index (χ0) is 13.9. The van der Waals surface area contributed by atoms with Crippen LogP contribution < -0.4 is 5.32 Å². The molecule has 3 nitrogen and oxygen atoms in total. The minimum absolute atomic E-state index is 0.00198. The van der Waals surface area contributed by atoms with Crippen LogP contribution in [0.15, 0.2) is 24.3 Å². The Morgan fingerprint density at radius 2 is 1.84 bits per heavy atom. The molecule has 0 unspecified atom stereocenters. The quantitative estimate of drug-likeness (QED) is 0.684. The summed E-state index contributed by atoms with van der Waals surface area (Å²) in [6.07, 6.45) is 5.96. The maximum Gasteiger partial charge on any atom is 0.251 e. The first kappa shape index (κ1) is 16.1. The van der Waals surface area contributed by atoms with Gasteiger partial charge in [0.15, 0.2) is 0 Å². The summed E-state index contributed by atoms with van der Waals surface area (Å²) in [5.41, 5.74) is 1.97. The first-order valence-corrected chi connectivity index (χ1v) is 8.14. The molecule has 106 valence electrons. The predicted octanol–water partition coefficient (Wildman–Crippen LogP) is 2.83. The molecule has 0 bridgehead atoms. The fourth-order valence-corrected chi connectivity index (χ4v) is 2.34. The third-order valence-electron chi connectivity index (χ3n) is 2.90. The van der Waals surface area contributed by atoms with E-state index in [1.807, 2.05) is 24.3 Å². The Bertz CT molecular complexity index is 365. The third kappa shape index (κ3) is 6.64. The molecule has 1 aromatic carbocycles.